The summed E-state index contributed by atoms with van der Waals surface area (Å²) in [6.45, 7) is 4.18. The minimum absolute atomic E-state index is 0.219. The largest absolute Gasteiger partial charge is 0.459 e. The molecule has 1 fully saturated rings. The fourth-order valence-electron chi connectivity index (χ4n) is 3.69. The molecule has 0 atom stereocenters. The van der Waals surface area contributed by atoms with Crippen molar-refractivity contribution in [2.75, 3.05) is 26.2 Å². The summed E-state index contributed by atoms with van der Waals surface area (Å²) in [5.74, 6) is 1.69. The molecule has 4 aromatic rings. The highest BCUT2D eigenvalue weighted by Crippen LogP contribution is 2.23. The van der Waals surface area contributed by atoms with Crippen molar-refractivity contribution in [2.45, 2.75) is 13.0 Å². The van der Waals surface area contributed by atoms with E-state index in [2.05, 4.69) is 27.2 Å². The third-order valence-corrected chi connectivity index (χ3v) is 6.17. The van der Waals surface area contributed by atoms with Crippen molar-refractivity contribution < 1.29 is 13.7 Å². The van der Waals surface area contributed by atoms with Gasteiger partial charge in [-0.15, -0.1) is 0 Å². The molecule has 0 bridgehead atoms. The van der Waals surface area contributed by atoms with Gasteiger partial charge in [-0.25, -0.2) is 0 Å². The zero-order valence-corrected chi connectivity index (χ0v) is 17.8. The van der Waals surface area contributed by atoms with E-state index in [0.717, 1.165) is 43.9 Å². The van der Waals surface area contributed by atoms with Gasteiger partial charge in [0.05, 0.1) is 12.7 Å². The molecule has 31 heavy (non-hydrogen) atoms. The molecule has 0 N–H and O–H groups in total. The molecule has 1 aromatic carbocycles. The Morgan fingerprint density at radius 2 is 1.87 bits per heavy atom. The third kappa shape index (κ3) is 4.60. The molecular formula is C23H22N4O3S. The molecule has 0 radical (unpaired) electrons. The van der Waals surface area contributed by atoms with Crippen LogP contribution in [0, 0.1) is 0 Å². The third-order valence-electron chi connectivity index (χ3n) is 5.44. The maximum atomic E-state index is 12.5. The Bertz CT molecular complexity index is 1110. The van der Waals surface area contributed by atoms with Crippen LogP contribution in [-0.4, -0.2) is 52.0 Å². The van der Waals surface area contributed by atoms with Crippen molar-refractivity contribution in [2.24, 2.45) is 0 Å². The number of piperazine rings is 1. The predicted molar refractivity (Wildman–Crippen MR) is 117 cm³/mol. The van der Waals surface area contributed by atoms with Crippen LogP contribution in [0.25, 0.3) is 23.0 Å². The molecule has 8 heteroatoms. The van der Waals surface area contributed by atoms with Gasteiger partial charge in [0, 0.05) is 38.3 Å². The van der Waals surface area contributed by atoms with Crippen LogP contribution in [0.2, 0.25) is 0 Å². The molecule has 1 saturated heterocycles. The first-order valence-corrected chi connectivity index (χ1v) is 11.2. The van der Waals surface area contributed by atoms with E-state index in [1.807, 2.05) is 33.9 Å². The van der Waals surface area contributed by atoms with Crippen LogP contribution < -0.4 is 0 Å². The van der Waals surface area contributed by atoms with Crippen molar-refractivity contribution in [1.82, 2.24) is 19.9 Å². The van der Waals surface area contributed by atoms with Crippen molar-refractivity contribution in [1.29, 1.82) is 0 Å². The van der Waals surface area contributed by atoms with Crippen molar-refractivity contribution in [3.8, 4) is 23.0 Å². The molecule has 0 aliphatic carbocycles. The van der Waals surface area contributed by atoms with Gasteiger partial charge in [0.1, 0.15) is 0 Å². The second-order valence-electron chi connectivity index (χ2n) is 7.56. The van der Waals surface area contributed by atoms with E-state index < -0.39 is 0 Å². The summed E-state index contributed by atoms with van der Waals surface area (Å²) in [6.07, 6.45) is 2.08. The average molecular weight is 435 g/mol. The quantitative estimate of drug-likeness (QED) is 0.458. The van der Waals surface area contributed by atoms with E-state index >= 15 is 0 Å². The highest BCUT2D eigenvalue weighted by atomic mass is 32.1. The van der Waals surface area contributed by atoms with Crippen LogP contribution in [-0.2, 0) is 17.8 Å². The molecular weight excluding hydrogens is 412 g/mol. The number of nitrogens with zero attached hydrogens (tertiary/aromatic N) is 4. The summed E-state index contributed by atoms with van der Waals surface area (Å²) in [6, 6.07) is 13.8. The Labute approximate surface area is 183 Å². The fraction of sp³-hybridized carbons (Fsp3) is 0.261. The summed E-state index contributed by atoms with van der Waals surface area (Å²) in [4.78, 5) is 21.2. The highest BCUT2D eigenvalue weighted by molar-refractivity contribution is 7.08. The number of hydrogen-bond donors (Lipinski definition) is 0. The number of benzene rings is 1. The number of carbonyl (C=O) groups is 1. The molecule has 1 aliphatic heterocycles. The van der Waals surface area contributed by atoms with E-state index in [1.165, 1.54) is 5.56 Å². The summed E-state index contributed by atoms with van der Waals surface area (Å²) >= 11 is 1.63. The van der Waals surface area contributed by atoms with Gasteiger partial charge in [0.25, 0.3) is 5.89 Å². The number of thiophene rings is 1. The summed E-state index contributed by atoms with van der Waals surface area (Å²) in [5, 5.41) is 8.11. The Kier molecular flexibility index (Phi) is 5.64. The monoisotopic (exact) mass is 434 g/mol. The molecule has 0 unspecified atom stereocenters. The lowest BCUT2D eigenvalue weighted by atomic mass is 10.1. The smallest absolute Gasteiger partial charge is 0.293 e. The maximum absolute atomic E-state index is 12.5. The molecule has 1 amide bonds. The van der Waals surface area contributed by atoms with Crippen LogP contribution in [0.4, 0.5) is 0 Å². The second-order valence-corrected chi connectivity index (χ2v) is 8.34. The number of carbonyl (C=O) groups excluding carboxylic acids is 1. The number of rotatable bonds is 6. The number of aromatic nitrogens is 2. The predicted octanol–water partition coefficient (Wildman–Crippen LogP) is 3.95. The minimum Gasteiger partial charge on any atom is -0.459 e. The Morgan fingerprint density at radius 1 is 1.03 bits per heavy atom. The second kappa shape index (κ2) is 8.87. The standard InChI is InChI=1S/C23H22N4O3S/c28-21(14-18-7-13-31-16-18)27-10-8-26(9-11-27)15-17-3-5-19(6-4-17)22-24-23(30-25-22)20-2-1-12-29-20/h1-7,12-13,16H,8-11,14-15H2. The SMILES string of the molecule is O=C(Cc1ccsc1)N1CCN(Cc2ccc(-c3noc(-c4ccco4)n3)cc2)CC1. The summed E-state index contributed by atoms with van der Waals surface area (Å²) < 4.78 is 10.6. The Hall–Kier alpha value is -3.23. The first kappa shape index (κ1) is 19.7. The molecule has 0 spiro atoms. The fourth-order valence-corrected chi connectivity index (χ4v) is 4.36. The highest BCUT2D eigenvalue weighted by Gasteiger charge is 2.21. The van der Waals surface area contributed by atoms with Crippen LogP contribution in [0.15, 0.2) is 68.4 Å². The van der Waals surface area contributed by atoms with Gasteiger partial charge in [-0.2, -0.15) is 16.3 Å². The van der Waals surface area contributed by atoms with Gasteiger partial charge < -0.3 is 13.8 Å². The van der Waals surface area contributed by atoms with E-state index in [0.29, 0.717) is 23.9 Å². The lowest BCUT2D eigenvalue weighted by molar-refractivity contribution is -0.132. The number of hydrogen-bond acceptors (Lipinski definition) is 7. The van der Waals surface area contributed by atoms with Crippen LogP contribution in [0.1, 0.15) is 11.1 Å². The maximum Gasteiger partial charge on any atom is 0.293 e. The van der Waals surface area contributed by atoms with Crippen LogP contribution in [0.5, 0.6) is 0 Å². The first-order valence-electron chi connectivity index (χ1n) is 10.2. The first-order chi connectivity index (χ1) is 15.2. The topological polar surface area (TPSA) is 75.6 Å². The molecule has 1 aliphatic rings. The van der Waals surface area contributed by atoms with Gasteiger partial charge in [-0.1, -0.05) is 29.4 Å². The van der Waals surface area contributed by atoms with Crippen molar-refractivity contribution in [3.63, 3.8) is 0 Å². The Morgan fingerprint density at radius 3 is 2.58 bits per heavy atom. The Balaban J connectivity index is 1.14. The van der Waals surface area contributed by atoms with E-state index in [-0.39, 0.29) is 5.91 Å². The van der Waals surface area contributed by atoms with Gasteiger partial charge in [-0.05, 0) is 40.1 Å². The number of amides is 1. The van der Waals surface area contributed by atoms with E-state index in [9.17, 15) is 4.79 Å². The van der Waals surface area contributed by atoms with Gasteiger partial charge in [0.2, 0.25) is 11.7 Å². The lowest BCUT2D eigenvalue weighted by Crippen LogP contribution is -2.48. The number of furan rings is 1. The van der Waals surface area contributed by atoms with Gasteiger partial charge >= 0.3 is 0 Å². The molecule has 4 heterocycles. The van der Waals surface area contributed by atoms with Crippen molar-refractivity contribution >= 4 is 17.2 Å². The minimum atomic E-state index is 0.219. The average Bonchev–Trinajstić information content (AvgIpc) is 3.57. The zero-order chi connectivity index (χ0) is 21.0. The lowest BCUT2D eigenvalue weighted by Gasteiger charge is -2.34. The van der Waals surface area contributed by atoms with E-state index in [4.69, 9.17) is 8.94 Å². The molecule has 5 rings (SSSR count). The normalized spacial score (nSPS) is 14.8. The van der Waals surface area contributed by atoms with Crippen LogP contribution >= 0.6 is 11.3 Å². The van der Waals surface area contributed by atoms with E-state index in [1.54, 1.807) is 29.7 Å². The zero-order valence-electron chi connectivity index (χ0n) is 16.9. The van der Waals surface area contributed by atoms with Crippen LogP contribution in [0.3, 0.4) is 0 Å². The van der Waals surface area contributed by atoms with Gasteiger partial charge in [0.15, 0.2) is 5.76 Å². The molecule has 7 nitrogen and oxygen atoms in total. The summed E-state index contributed by atoms with van der Waals surface area (Å²) in [7, 11) is 0. The summed E-state index contributed by atoms with van der Waals surface area (Å²) in [5.41, 5.74) is 3.22. The van der Waals surface area contributed by atoms with Crippen molar-refractivity contribution in [3.05, 3.63) is 70.6 Å². The molecule has 158 valence electrons. The van der Waals surface area contributed by atoms with Gasteiger partial charge in [-0.3, -0.25) is 9.69 Å². The molecule has 3 aromatic heterocycles. The molecule has 0 saturated carbocycles.